The van der Waals surface area contributed by atoms with E-state index in [-0.39, 0.29) is 0 Å². The van der Waals surface area contributed by atoms with Crippen LogP contribution < -0.4 is 0 Å². The van der Waals surface area contributed by atoms with Gasteiger partial charge in [-0.15, -0.1) is 9.24 Å². The van der Waals surface area contributed by atoms with Crippen LogP contribution in [-0.2, 0) is 0 Å². The Bertz CT molecular complexity index is 222. The van der Waals surface area contributed by atoms with E-state index in [1.54, 1.807) is 0 Å². The highest BCUT2D eigenvalue weighted by Gasteiger charge is 2.54. The van der Waals surface area contributed by atoms with Crippen molar-refractivity contribution < 1.29 is 0 Å². The van der Waals surface area contributed by atoms with E-state index in [9.17, 15) is 0 Å². The molecule has 16 heavy (non-hydrogen) atoms. The van der Waals surface area contributed by atoms with E-state index >= 15 is 0 Å². The molecular weight excluding hydrogens is 211 g/mol. The Kier molecular flexibility index (Phi) is 4.50. The maximum Gasteiger partial charge on any atom is -0.00662 e. The average Bonchev–Trinajstić information content (AvgIpc) is 2.17. The third-order valence-electron chi connectivity index (χ3n) is 5.39. The molecule has 0 saturated heterocycles. The second-order valence-electron chi connectivity index (χ2n) is 6.75. The van der Waals surface area contributed by atoms with Crippen molar-refractivity contribution in [3.63, 3.8) is 0 Å². The first-order chi connectivity index (χ1) is 7.29. The summed E-state index contributed by atoms with van der Waals surface area (Å²) >= 11 is 0. The maximum absolute atomic E-state index is 3.29. The summed E-state index contributed by atoms with van der Waals surface area (Å²) in [5.41, 5.74) is 0.518. The Hall–Kier alpha value is 0.430. The molecule has 0 aliphatic heterocycles. The van der Waals surface area contributed by atoms with E-state index in [0.29, 0.717) is 10.6 Å². The number of hydrogen-bond acceptors (Lipinski definition) is 0. The zero-order valence-corrected chi connectivity index (χ0v) is 13.3. The minimum absolute atomic E-state index is 0.452. The van der Waals surface area contributed by atoms with Gasteiger partial charge in [0, 0.05) is 0 Å². The summed E-state index contributed by atoms with van der Waals surface area (Å²) in [4.78, 5) is 0. The molecule has 0 heterocycles. The molecule has 0 N–H and O–H groups in total. The molecule has 1 saturated carbocycles. The highest BCUT2D eigenvalue weighted by Crippen LogP contribution is 2.61. The smallest absolute Gasteiger partial charge is 0.00662 e. The molecule has 2 unspecified atom stereocenters. The Morgan fingerprint density at radius 1 is 0.750 bits per heavy atom. The van der Waals surface area contributed by atoms with E-state index in [2.05, 4.69) is 50.8 Å². The van der Waals surface area contributed by atoms with Gasteiger partial charge in [0.2, 0.25) is 0 Å². The lowest BCUT2D eigenvalue weighted by Crippen LogP contribution is -2.55. The summed E-state index contributed by atoms with van der Waals surface area (Å²) in [6.45, 7) is 14.6. The highest BCUT2D eigenvalue weighted by atomic mass is 31.0. The molecule has 0 aromatic rings. The third kappa shape index (κ3) is 1.96. The molecule has 1 fully saturated rings. The molecular formula is C15H31P. The van der Waals surface area contributed by atoms with Crippen molar-refractivity contribution in [3.05, 3.63) is 0 Å². The van der Waals surface area contributed by atoms with Crippen LogP contribution in [0, 0.1) is 23.2 Å². The summed E-state index contributed by atoms with van der Waals surface area (Å²) in [5, 5.41) is 0.452. The van der Waals surface area contributed by atoms with Crippen molar-refractivity contribution >= 4 is 9.24 Å². The van der Waals surface area contributed by atoms with E-state index in [1.807, 2.05) is 0 Å². The summed E-state index contributed by atoms with van der Waals surface area (Å²) in [6.07, 6.45) is 5.66. The number of rotatable bonds is 3. The summed E-state index contributed by atoms with van der Waals surface area (Å²) in [5.74, 6) is 2.34. The second-order valence-corrected chi connectivity index (χ2v) is 7.78. The fourth-order valence-corrected chi connectivity index (χ4v) is 5.46. The van der Waals surface area contributed by atoms with Crippen molar-refractivity contribution in [2.75, 3.05) is 0 Å². The Morgan fingerprint density at radius 3 is 1.50 bits per heavy atom. The predicted molar refractivity (Wildman–Crippen MR) is 77.9 cm³/mol. The van der Waals surface area contributed by atoms with Gasteiger partial charge >= 0.3 is 0 Å². The molecule has 0 bridgehead atoms. The van der Waals surface area contributed by atoms with Crippen molar-refractivity contribution in [2.24, 2.45) is 23.2 Å². The van der Waals surface area contributed by atoms with E-state index in [1.165, 1.54) is 25.7 Å². The quantitative estimate of drug-likeness (QED) is 0.602. The lowest BCUT2D eigenvalue weighted by Gasteiger charge is -2.59. The molecule has 0 aromatic heterocycles. The predicted octanol–water partition coefficient (Wildman–Crippen LogP) is 5.13. The largest absolute Gasteiger partial charge is 0.130 e. The van der Waals surface area contributed by atoms with E-state index < -0.39 is 0 Å². The molecule has 1 aliphatic rings. The molecule has 1 aliphatic carbocycles. The lowest BCUT2D eigenvalue weighted by atomic mass is 9.52. The van der Waals surface area contributed by atoms with Gasteiger partial charge in [0.15, 0.2) is 0 Å². The Morgan fingerprint density at radius 2 is 1.19 bits per heavy atom. The fourth-order valence-electron chi connectivity index (χ4n) is 4.45. The van der Waals surface area contributed by atoms with Crippen LogP contribution in [0.25, 0.3) is 0 Å². The molecule has 96 valence electrons. The summed E-state index contributed by atoms with van der Waals surface area (Å²) in [6, 6.07) is 0. The standard InChI is InChI=1S/C15H31P/c1-11(2)14(12(3)4)9-7-8-10-15(14,16)13(5)6/h11-13H,7-10,16H2,1-6H3. The van der Waals surface area contributed by atoms with Crippen molar-refractivity contribution in [3.8, 4) is 0 Å². The van der Waals surface area contributed by atoms with Crippen LogP contribution in [-0.4, -0.2) is 5.16 Å². The van der Waals surface area contributed by atoms with Gasteiger partial charge in [-0.25, -0.2) is 0 Å². The zero-order valence-electron chi connectivity index (χ0n) is 12.1. The van der Waals surface area contributed by atoms with Gasteiger partial charge < -0.3 is 0 Å². The SMILES string of the molecule is CC(C)C1(P)CCCCC1(C(C)C)C(C)C. The second kappa shape index (κ2) is 4.97. The van der Waals surface area contributed by atoms with Crippen LogP contribution in [0.5, 0.6) is 0 Å². The maximum atomic E-state index is 3.29. The van der Waals surface area contributed by atoms with Gasteiger partial charge in [-0.05, 0) is 41.2 Å². The van der Waals surface area contributed by atoms with Crippen molar-refractivity contribution in [1.29, 1.82) is 0 Å². The van der Waals surface area contributed by atoms with Gasteiger partial charge in [0.05, 0.1) is 0 Å². The topological polar surface area (TPSA) is 0 Å². The first kappa shape index (κ1) is 14.5. The van der Waals surface area contributed by atoms with Crippen LogP contribution >= 0.6 is 9.24 Å². The van der Waals surface area contributed by atoms with Gasteiger partial charge in [-0.2, -0.15) is 0 Å². The van der Waals surface area contributed by atoms with Gasteiger partial charge in [0.25, 0.3) is 0 Å². The minimum Gasteiger partial charge on any atom is -0.130 e. The summed E-state index contributed by atoms with van der Waals surface area (Å²) < 4.78 is 0. The van der Waals surface area contributed by atoms with E-state index in [4.69, 9.17) is 0 Å². The van der Waals surface area contributed by atoms with Crippen LogP contribution in [0.2, 0.25) is 0 Å². The molecule has 0 amide bonds. The van der Waals surface area contributed by atoms with Crippen molar-refractivity contribution in [1.82, 2.24) is 0 Å². The monoisotopic (exact) mass is 242 g/mol. The molecule has 2 atom stereocenters. The highest BCUT2D eigenvalue weighted by molar-refractivity contribution is 7.19. The Labute approximate surface area is 105 Å². The zero-order chi connectivity index (χ0) is 12.6. The fraction of sp³-hybridized carbons (Fsp3) is 1.00. The summed E-state index contributed by atoms with van der Waals surface area (Å²) in [7, 11) is 3.29. The van der Waals surface area contributed by atoms with Crippen molar-refractivity contribution in [2.45, 2.75) is 72.4 Å². The van der Waals surface area contributed by atoms with E-state index in [0.717, 1.165) is 17.8 Å². The van der Waals surface area contributed by atoms with Crippen LogP contribution in [0.1, 0.15) is 67.2 Å². The molecule has 1 rings (SSSR count). The molecule has 0 radical (unpaired) electrons. The first-order valence-electron chi connectivity index (χ1n) is 7.08. The molecule has 0 nitrogen and oxygen atoms in total. The van der Waals surface area contributed by atoms with Crippen LogP contribution in [0.3, 0.4) is 0 Å². The van der Waals surface area contributed by atoms with Gasteiger partial charge in [0.1, 0.15) is 0 Å². The van der Waals surface area contributed by atoms with Crippen LogP contribution in [0.4, 0.5) is 0 Å². The average molecular weight is 242 g/mol. The molecule has 0 spiro atoms. The van der Waals surface area contributed by atoms with Gasteiger partial charge in [-0.1, -0.05) is 54.4 Å². The normalized spacial score (nSPS) is 30.4. The van der Waals surface area contributed by atoms with Gasteiger partial charge in [-0.3, -0.25) is 0 Å². The van der Waals surface area contributed by atoms with Crippen LogP contribution in [0.15, 0.2) is 0 Å². The number of hydrogen-bond donors (Lipinski definition) is 0. The third-order valence-corrected chi connectivity index (χ3v) is 6.88. The first-order valence-corrected chi connectivity index (χ1v) is 7.65. The minimum atomic E-state index is 0.452. The molecule has 1 heteroatoms. The molecule has 0 aromatic carbocycles. The lowest BCUT2D eigenvalue weighted by molar-refractivity contribution is -0.00749. The Balaban J connectivity index is 3.20.